The zero-order valence-electron chi connectivity index (χ0n) is 14.5. The number of carbonyl (C=O) groups is 1. The Labute approximate surface area is 134 Å². The highest BCUT2D eigenvalue weighted by Crippen LogP contribution is 2.41. The number of hydrogen-bond acceptors (Lipinski definition) is 2. The lowest BCUT2D eigenvalue weighted by Gasteiger charge is -2.34. The van der Waals surface area contributed by atoms with Gasteiger partial charge in [0.05, 0.1) is 11.6 Å². The van der Waals surface area contributed by atoms with Gasteiger partial charge in [0, 0.05) is 5.57 Å². The van der Waals surface area contributed by atoms with Crippen molar-refractivity contribution in [3.8, 4) is 0 Å². The summed E-state index contributed by atoms with van der Waals surface area (Å²) in [4.78, 5) is 14.8. The van der Waals surface area contributed by atoms with Crippen molar-refractivity contribution in [1.29, 1.82) is 0 Å². The predicted molar refractivity (Wildman–Crippen MR) is 89.5 cm³/mol. The molecular weight excluding hydrogens is 274 g/mol. The van der Waals surface area contributed by atoms with Crippen LogP contribution in [0.3, 0.4) is 0 Å². The standard InChI is InChI=1S/C19H27NO2/c1-7-14(2)17(21)20-16(13-15-11-9-8-10-12-15)18(3,4)22-19(20,5)6/h7-12,16H,13H2,1-6H3/b14-7+/t16-/m0/s1. The molecule has 1 aromatic rings. The molecule has 0 aliphatic carbocycles. The molecular formula is C19H27NO2. The molecule has 1 atom stereocenters. The van der Waals surface area contributed by atoms with Crippen molar-refractivity contribution in [2.45, 2.75) is 65.3 Å². The maximum Gasteiger partial charge on any atom is 0.251 e. The van der Waals surface area contributed by atoms with Gasteiger partial charge in [-0.2, -0.15) is 0 Å². The maximum atomic E-state index is 12.9. The Balaban J connectivity index is 2.39. The fraction of sp³-hybridized carbons (Fsp3) is 0.526. The minimum Gasteiger partial charge on any atom is -0.348 e. The van der Waals surface area contributed by atoms with E-state index >= 15 is 0 Å². The van der Waals surface area contributed by atoms with Gasteiger partial charge in [-0.15, -0.1) is 0 Å². The first-order chi connectivity index (χ1) is 10.2. The first-order valence-electron chi connectivity index (χ1n) is 7.89. The highest BCUT2D eigenvalue weighted by atomic mass is 16.6. The molecule has 1 heterocycles. The number of ether oxygens (including phenoxy) is 1. The van der Waals surface area contributed by atoms with Crippen LogP contribution in [0.2, 0.25) is 0 Å². The molecule has 120 valence electrons. The molecule has 1 saturated heterocycles. The summed E-state index contributed by atoms with van der Waals surface area (Å²) < 4.78 is 6.23. The number of carbonyl (C=O) groups excluding carboxylic acids is 1. The third-order valence-electron chi connectivity index (χ3n) is 4.47. The Hall–Kier alpha value is -1.61. The molecule has 1 fully saturated rings. The van der Waals surface area contributed by atoms with Crippen LogP contribution in [-0.2, 0) is 16.0 Å². The number of amides is 1. The Morgan fingerprint density at radius 3 is 2.36 bits per heavy atom. The summed E-state index contributed by atoms with van der Waals surface area (Å²) in [6, 6.07) is 10.3. The lowest BCUT2D eigenvalue weighted by atomic mass is 9.91. The number of nitrogens with zero attached hydrogens (tertiary/aromatic N) is 1. The summed E-state index contributed by atoms with van der Waals surface area (Å²) in [5.41, 5.74) is 0.984. The van der Waals surface area contributed by atoms with Crippen molar-refractivity contribution in [1.82, 2.24) is 4.90 Å². The number of rotatable bonds is 3. The van der Waals surface area contributed by atoms with Gasteiger partial charge in [0.1, 0.15) is 5.72 Å². The molecule has 0 unspecified atom stereocenters. The van der Waals surface area contributed by atoms with Gasteiger partial charge in [-0.1, -0.05) is 36.4 Å². The average molecular weight is 301 g/mol. The van der Waals surface area contributed by atoms with Gasteiger partial charge in [-0.3, -0.25) is 4.79 Å². The van der Waals surface area contributed by atoms with Crippen LogP contribution in [-0.4, -0.2) is 28.2 Å². The first kappa shape index (κ1) is 16.8. The quantitative estimate of drug-likeness (QED) is 0.792. The minimum atomic E-state index is -0.607. The lowest BCUT2D eigenvalue weighted by molar-refractivity contribution is -0.145. The van der Waals surface area contributed by atoms with Crippen molar-refractivity contribution in [2.75, 3.05) is 0 Å². The van der Waals surface area contributed by atoms with E-state index in [1.807, 2.05) is 56.9 Å². The number of benzene rings is 1. The molecule has 1 aromatic carbocycles. The van der Waals surface area contributed by atoms with Crippen molar-refractivity contribution in [3.63, 3.8) is 0 Å². The second-order valence-corrected chi connectivity index (χ2v) is 7.00. The number of allylic oxidation sites excluding steroid dienone is 1. The third kappa shape index (κ3) is 3.09. The average Bonchev–Trinajstić information content (AvgIpc) is 2.63. The van der Waals surface area contributed by atoms with Gasteiger partial charge in [-0.05, 0) is 53.5 Å². The number of hydrogen-bond donors (Lipinski definition) is 0. The van der Waals surface area contributed by atoms with Crippen LogP contribution in [0.1, 0.15) is 47.1 Å². The van der Waals surface area contributed by atoms with Crippen LogP contribution < -0.4 is 0 Å². The highest BCUT2D eigenvalue weighted by Gasteiger charge is 2.53. The smallest absolute Gasteiger partial charge is 0.251 e. The Bertz CT molecular complexity index is 572. The largest absolute Gasteiger partial charge is 0.348 e. The molecule has 3 nitrogen and oxygen atoms in total. The summed E-state index contributed by atoms with van der Waals surface area (Å²) in [5.74, 6) is 0.0546. The molecule has 0 bridgehead atoms. The highest BCUT2D eigenvalue weighted by molar-refractivity contribution is 5.93. The molecule has 2 rings (SSSR count). The summed E-state index contributed by atoms with van der Waals surface area (Å²) in [5, 5.41) is 0. The van der Waals surface area contributed by atoms with E-state index in [0.717, 1.165) is 12.0 Å². The second kappa shape index (κ2) is 5.88. The Morgan fingerprint density at radius 1 is 1.23 bits per heavy atom. The molecule has 1 aliphatic rings. The van der Waals surface area contributed by atoms with Gasteiger partial charge >= 0.3 is 0 Å². The van der Waals surface area contributed by atoms with Gasteiger partial charge in [0.15, 0.2) is 0 Å². The van der Waals surface area contributed by atoms with Crippen LogP contribution in [0.15, 0.2) is 42.0 Å². The van der Waals surface area contributed by atoms with E-state index in [-0.39, 0.29) is 17.6 Å². The van der Waals surface area contributed by atoms with Crippen molar-refractivity contribution < 1.29 is 9.53 Å². The summed E-state index contributed by atoms with van der Waals surface area (Å²) >= 11 is 0. The van der Waals surface area contributed by atoms with Gasteiger partial charge in [-0.25, -0.2) is 0 Å². The zero-order valence-corrected chi connectivity index (χ0v) is 14.5. The molecule has 0 N–H and O–H groups in total. The fourth-order valence-electron chi connectivity index (χ4n) is 3.32. The molecule has 22 heavy (non-hydrogen) atoms. The molecule has 1 aliphatic heterocycles. The van der Waals surface area contributed by atoms with Crippen molar-refractivity contribution in [2.24, 2.45) is 0 Å². The fourth-order valence-corrected chi connectivity index (χ4v) is 3.32. The molecule has 0 aromatic heterocycles. The molecule has 0 radical (unpaired) electrons. The van der Waals surface area contributed by atoms with Gasteiger partial charge < -0.3 is 9.64 Å². The summed E-state index contributed by atoms with van der Waals surface area (Å²) in [6.45, 7) is 11.8. The van der Waals surface area contributed by atoms with Gasteiger partial charge in [0.2, 0.25) is 0 Å². The van der Waals surface area contributed by atoms with Crippen molar-refractivity contribution in [3.05, 3.63) is 47.5 Å². The second-order valence-electron chi connectivity index (χ2n) is 7.00. The van der Waals surface area contributed by atoms with E-state index in [1.165, 1.54) is 5.56 Å². The van der Waals surface area contributed by atoms with E-state index in [9.17, 15) is 4.79 Å². The van der Waals surface area contributed by atoms with Crippen molar-refractivity contribution >= 4 is 5.91 Å². The lowest BCUT2D eigenvalue weighted by Crippen LogP contribution is -2.50. The van der Waals surface area contributed by atoms with Crippen LogP contribution in [0.4, 0.5) is 0 Å². The Kier molecular flexibility index (Phi) is 4.48. The molecule has 3 heteroatoms. The van der Waals surface area contributed by atoms with Crippen LogP contribution in [0, 0.1) is 0 Å². The van der Waals surface area contributed by atoms with E-state index in [0.29, 0.717) is 0 Å². The van der Waals surface area contributed by atoms with Crippen LogP contribution in [0.25, 0.3) is 0 Å². The third-order valence-corrected chi connectivity index (χ3v) is 4.47. The zero-order chi connectivity index (χ0) is 16.5. The summed E-state index contributed by atoms with van der Waals surface area (Å²) in [6.07, 6.45) is 2.66. The van der Waals surface area contributed by atoms with E-state index < -0.39 is 5.72 Å². The molecule has 0 saturated carbocycles. The normalized spacial score (nSPS) is 23.6. The first-order valence-corrected chi connectivity index (χ1v) is 7.89. The minimum absolute atomic E-state index is 0.00676. The molecule has 1 amide bonds. The maximum absolute atomic E-state index is 12.9. The van der Waals surface area contributed by atoms with E-state index in [2.05, 4.69) is 26.0 Å². The Morgan fingerprint density at radius 2 is 1.82 bits per heavy atom. The van der Waals surface area contributed by atoms with Crippen LogP contribution >= 0.6 is 0 Å². The molecule has 0 spiro atoms. The SMILES string of the molecule is C/C=C(\C)C(=O)N1[C@@H](Cc2ccccc2)C(C)(C)OC1(C)C. The van der Waals surface area contributed by atoms with Crippen LogP contribution in [0.5, 0.6) is 0 Å². The topological polar surface area (TPSA) is 29.5 Å². The van der Waals surface area contributed by atoms with E-state index in [1.54, 1.807) is 0 Å². The predicted octanol–water partition coefficient (Wildman–Crippen LogP) is 3.94. The van der Waals surface area contributed by atoms with Gasteiger partial charge in [0.25, 0.3) is 5.91 Å². The summed E-state index contributed by atoms with van der Waals surface area (Å²) in [7, 11) is 0. The monoisotopic (exact) mass is 301 g/mol. The van der Waals surface area contributed by atoms with E-state index in [4.69, 9.17) is 4.74 Å².